The molecule has 0 bridgehead atoms. The lowest BCUT2D eigenvalue weighted by atomic mass is 10.2. The molecule has 152 valence electrons. The number of carbonyl (C=O) groups excluding carboxylic acids is 1. The second kappa shape index (κ2) is 9.59. The second-order valence-corrected chi connectivity index (χ2v) is 7.32. The van der Waals surface area contributed by atoms with Crippen LogP contribution in [-0.4, -0.2) is 67.0 Å². The number of ether oxygens (including phenoxy) is 1. The average Bonchev–Trinajstić information content (AvgIpc) is 3.03. The van der Waals surface area contributed by atoms with Crippen LogP contribution in [0.15, 0.2) is 30.3 Å². The van der Waals surface area contributed by atoms with Gasteiger partial charge in [0.1, 0.15) is 5.75 Å². The molecule has 1 aromatic carbocycles. The van der Waals surface area contributed by atoms with Gasteiger partial charge in [0.15, 0.2) is 0 Å². The van der Waals surface area contributed by atoms with Gasteiger partial charge in [0.2, 0.25) is 5.91 Å². The lowest BCUT2D eigenvalue weighted by Crippen LogP contribution is -2.49. The summed E-state index contributed by atoms with van der Waals surface area (Å²) in [4.78, 5) is 16.8. The molecule has 1 fully saturated rings. The number of hydrogen-bond donors (Lipinski definition) is 1. The zero-order valence-corrected chi connectivity index (χ0v) is 17.1. The van der Waals surface area contributed by atoms with Crippen molar-refractivity contribution in [1.82, 2.24) is 20.0 Å². The summed E-state index contributed by atoms with van der Waals surface area (Å²) in [6.07, 6.45) is 0.886. The Morgan fingerprint density at radius 1 is 1.18 bits per heavy atom. The number of aryl methyl sites for hydroxylation is 3. The van der Waals surface area contributed by atoms with Crippen LogP contribution in [0.1, 0.15) is 17.8 Å². The van der Waals surface area contributed by atoms with Crippen molar-refractivity contribution in [3.05, 3.63) is 41.7 Å². The van der Waals surface area contributed by atoms with E-state index in [9.17, 15) is 4.79 Å². The highest BCUT2D eigenvalue weighted by atomic mass is 16.5. The van der Waals surface area contributed by atoms with Gasteiger partial charge in [0.05, 0.1) is 19.3 Å². The number of hydrogen-bond acceptors (Lipinski definition) is 5. The Kier molecular flexibility index (Phi) is 6.92. The predicted molar refractivity (Wildman–Crippen MR) is 111 cm³/mol. The minimum atomic E-state index is 0.100. The van der Waals surface area contributed by atoms with E-state index in [1.807, 2.05) is 23.7 Å². The number of anilines is 1. The Hall–Kier alpha value is -2.54. The molecule has 0 saturated carbocycles. The third-order valence-electron chi connectivity index (χ3n) is 5.13. The van der Waals surface area contributed by atoms with Crippen molar-refractivity contribution in [2.75, 3.05) is 51.3 Å². The third kappa shape index (κ3) is 5.48. The van der Waals surface area contributed by atoms with Gasteiger partial charge < -0.3 is 15.0 Å². The van der Waals surface area contributed by atoms with Gasteiger partial charge in [-0.3, -0.25) is 14.4 Å². The maximum Gasteiger partial charge on any atom is 0.234 e. The summed E-state index contributed by atoms with van der Waals surface area (Å²) in [6.45, 7) is 9.64. The summed E-state index contributed by atoms with van der Waals surface area (Å²) in [7, 11) is 1.69. The highest BCUT2D eigenvalue weighted by Crippen LogP contribution is 2.21. The number of benzene rings is 1. The van der Waals surface area contributed by atoms with E-state index in [0.29, 0.717) is 13.1 Å². The number of nitrogens with one attached hydrogen (secondary N) is 1. The van der Waals surface area contributed by atoms with Gasteiger partial charge in [-0.25, -0.2) is 0 Å². The van der Waals surface area contributed by atoms with Gasteiger partial charge in [-0.1, -0.05) is 6.07 Å². The fourth-order valence-electron chi connectivity index (χ4n) is 3.59. The number of amides is 1. The van der Waals surface area contributed by atoms with E-state index in [1.165, 1.54) is 5.69 Å². The maximum atomic E-state index is 12.2. The van der Waals surface area contributed by atoms with Crippen LogP contribution in [0.3, 0.4) is 0 Å². The van der Waals surface area contributed by atoms with Gasteiger partial charge >= 0.3 is 0 Å². The summed E-state index contributed by atoms with van der Waals surface area (Å²) in [5, 5.41) is 7.48. The average molecular weight is 386 g/mol. The topological polar surface area (TPSA) is 62.6 Å². The lowest BCUT2D eigenvalue weighted by Gasteiger charge is -2.35. The Morgan fingerprint density at radius 2 is 1.96 bits per heavy atom. The van der Waals surface area contributed by atoms with Crippen LogP contribution >= 0.6 is 0 Å². The number of piperazine rings is 1. The molecule has 1 N–H and O–H groups in total. The number of methoxy groups -OCH3 is 1. The van der Waals surface area contributed by atoms with Crippen molar-refractivity contribution in [2.24, 2.45) is 0 Å². The van der Waals surface area contributed by atoms with Crippen molar-refractivity contribution in [2.45, 2.75) is 26.8 Å². The molecule has 1 aliphatic rings. The smallest absolute Gasteiger partial charge is 0.234 e. The molecule has 7 nitrogen and oxygen atoms in total. The Morgan fingerprint density at radius 3 is 2.64 bits per heavy atom. The van der Waals surface area contributed by atoms with Crippen LogP contribution < -0.4 is 15.0 Å². The second-order valence-electron chi connectivity index (χ2n) is 7.32. The molecule has 0 radical (unpaired) electrons. The molecule has 0 atom stereocenters. The first-order valence-electron chi connectivity index (χ1n) is 9.94. The van der Waals surface area contributed by atoms with Gasteiger partial charge in [-0.2, -0.15) is 5.10 Å². The molecule has 1 aromatic heterocycles. The van der Waals surface area contributed by atoms with Crippen LogP contribution in [0, 0.1) is 13.8 Å². The molecule has 0 spiro atoms. The first-order chi connectivity index (χ1) is 13.5. The molecule has 0 unspecified atom stereocenters. The normalized spacial score (nSPS) is 14.9. The van der Waals surface area contributed by atoms with Crippen molar-refractivity contribution < 1.29 is 9.53 Å². The van der Waals surface area contributed by atoms with E-state index in [2.05, 4.69) is 45.3 Å². The molecule has 3 rings (SSSR count). The van der Waals surface area contributed by atoms with E-state index in [1.54, 1.807) is 7.11 Å². The van der Waals surface area contributed by atoms with Crippen LogP contribution in [0.2, 0.25) is 0 Å². The molecule has 1 aliphatic heterocycles. The predicted octanol–water partition coefficient (Wildman–Crippen LogP) is 1.84. The first kappa shape index (κ1) is 20.2. The highest BCUT2D eigenvalue weighted by Gasteiger charge is 2.19. The van der Waals surface area contributed by atoms with Crippen LogP contribution in [0.5, 0.6) is 5.75 Å². The van der Waals surface area contributed by atoms with Crippen LogP contribution in [0.4, 0.5) is 5.69 Å². The number of aromatic nitrogens is 2. The Balaban J connectivity index is 1.35. The minimum absolute atomic E-state index is 0.100. The summed E-state index contributed by atoms with van der Waals surface area (Å²) in [5.74, 6) is 0.975. The van der Waals surface area contributed by atoms with Crippen molar-refractivity contribution >= 4 is 11.6 Å². The minimum Gasteiger partial charge on any atom is -0.497 e. The van der Waals surface area contributed by atoms with E-state index in [4.69, 9.17) is 4.74 Å². The van der Waals surface area contributed by atoms with Crippen LogP contribution in [0.25, 0.3) is 0 Å². The molecular weight excluding hydrogens is 354 g/mol. The summed E-state index contributed by atoms with van der Waals surface area (Å²) in [5.41, 5.74) is 3.37. The van der Waals surface area contributed by atoms with Crippen molar-refractivity contribution in [3.63, 3.8) is 0 Å². The largest absolute Gasteiger partial charge is 0.497 e. The molecular formula is C21H31N5O2. The van der Waals surface area contributed by atoms with E-state index in [-0.39, 0.29) is 5.91 Å². The lowest BCUT2D eigenvalue weighted by molar-refractivity contribution is -0.122. The fourth-order valence-corrected chi connectivity index (χ4v) is 3.59. The van der Waals surface area contributed by atoms with Gasteiger partial charge in [-0.15, -0.1) is 0 Å². The summed E-state index contributed by atoms with van der Waals surface area (Å²) >= 11 is 0. The van der Waals surface area contributed by atoms with E-state index < -0.39 is 0 Å². The molecule has 7 heteroatoms. The Bertz CT molecular complexity index is 781. The maximum absolute atomic E-state index is 12.2. The standard InChI is InChI=1S/C21H31N5O2/c1-17-14-18(2)26(23-17)9-5-8-22-21(27)16-24-10-12-25(13-11-24)19-6-4-7-20(15-19)28-3/h4,6-7,14-15H,5,8-13,16H2,1-3H3,(H,22,27). The molecule has 1 amide bonds. The highest BCUT2D eigenvalue weighted by molar-refractivity contribution is 5.78. The fraction of sp³-hybridized carbons (Fsp3) is 0.524. The summed E-state index contributed by atoms with van der Waals surface area (Å²) < 4.78 is 7.31. The van der Waals surface area contributed by atoms with Gasteiger partial charge in [0.25, 0.3) is 0 Å². The van der Waals surface area contributed by atoms with Crippen LogP contribution in [-0.2, 0) is 11.3 Å². The molecule has 0 aliphatic carbocycles. The van der Waals surface area contributed by atoms with E-state index >= 15 is 0 Å². The SMILES string of the molecule is COc1cccc(N2CCN(CC(=O)NCCCn3nc(C)cc3C)CC2)c1. The quantitative estimate of drug-likeness (QED) is 0.703. The molecule has 1 saturated heterocycles. The number of rotatable bonds is 8. The third-order valence-corrected chi connectivity index (χ3v) is 5.13. The van der Waals surface area contributed by atoms with Crippen molar-refractivity contribution in [3.8, 4) is 5.75 Å². The zero-order valence-electron chi connectivity index (χ0n) is 17.1. The number of nitrogens with zero attached hydrogens (tertiary/aromatic N) is 4. The monoisotopic (exact) mass is 385 g/mol. The number of carbonyl (C=O) groups is 1. The molecule has 28 heavy (non-hydrogen) atoms. The van der Waals surface area contributed by atoms with Gasteiger partial charge in [-0.05, 0) is 38.5 Å². The van der Waals surface area contributed by atoms with Gasteiger partial charge in [0, 0.05) is 56.7 Å². The van der Waals surface area contributed by atoms with Crippen molar-refractivity contribution in [1.29, 1.82) is 0 Å². The Labute approximate surface area is 167 Å². The molecule has 2 aromatic rings. The molecule has 2 heterocycles. The van der Waals surface area contributed by atoms with E-state index in [0.717, 1.165) is 56.3 Å². The first-order valence-corrected chi connectivity index (χ1v) is 9.94. The zero-order chi connectivity index (χ0) is 19.9. The summed E-state index contributed by atoms with van der Waals surface area (Å²) in [6, 6.07) is 10.2.